The molecular formula is C25H29ClN4O2. The summed E-state index contributed by atoms with van der Waals surface area (Å²) in [5.41, 5.74) is 2.44. The summed E-state index contributed by atoms with van der Waals surface area (Å²) < 4.78 is 6.18. The average molecular weight is 453 g/mol. The first-order valence-corrected chi connectivity index (χ1v) is 11.6. The molecule has 4 rings (SSSR count). The predicted octanol–water partition coefficient (Wildman–Crippen LogP) is 4.68. The molecule has 0 saturated carbocycles. The molecule has 1 amide bonds. The van der Waals surface area contributed by atoms with Gasteiger partial charge in [0.05, 0.1) is 22.7 Å². The van der Waals surface area contributed by atoms with E-state index in [1.807, 2.05) is 43.4 Å². The zero-order valence-corrected chi connectivity index (χ0v) is 19.1. The number of rotatable bonds is 5. The minimum atomic E-state index is -0.0857. The Labute approximate surface area is 194 Å². The normalized spacial score (nSPS) is 19.9. The van der Waals surface area contributed by atoms with E-state index in [-0.39, 0.29) is 18.1 Å². The minimum Gasteiger partial charge on any atom is -0.489 e. The van der Waals surface area contributed by atoms with E-state index < -0.39 is 0 Å². The number of likely N-dealkylation sites (tertiary alicyclic amines) is 1. The van der Waals surface area contributed by atoms with Crippen LogP contribution in [-0.4, -0.2) is 49.6 Å². The molecule has 2 aliphatic rings. The Morgan fingerprint density at radius 2 is 1.94 bits per heavy atom. The van der Waals surface area contributed by atoms with Crippen LogP contribution < -0.4 is 15.0 Å². The van der Waals surface area contributed by atoms with Crippen LogP contribution in [0.1, 0.15) is 37.7 Å². The molecule has 0 radical (unpaired) electrons. The number of benzene rings is 2. The maximum Gasteiger partial charge on any atom is 0.241 e. The summed E-state index contributed by atoms with van der Waals surface area (Å²) in [4.78, 5) is 17.0. The zero-order chi connectivity index (χ0) is 22.5. The average Bonchev–Trinajstić information content (AvgIpc) is 2.81. The van der Waals surface area contributed by atoms with Gasteiger partial charge in [-0.15, -0.1) is 0 Å². The molecule has 0 bridgehead atoms. The van der Waals surface area contributed by atoms with Crippen LogP contribution in [0.5, 0.6) is 5.75 Å². The third kappa shape index (κ3) is 5.35. The van der Waals surface area contributed by atoms with Gasteiger partial charge in [-0.25, -0.2) is 0 Å². The Morgan fingerprint density at radius 1 is 1.12 bits per heavy atom. The third-order valence-electron chi connectivity index (χ3n) is 6.35. The van der Waals surface area contributed by atoms with Crippen molar-refractivity contribution < 1.29 is 9.53 Å². The number of piperidine rings is 2. The molecule has 2 aliphatic heterocycles. The van der Waals surface area contributed by atoms with Gasteiger partial charge in [-0.2, -0.15) is 5.26 Å². The molecule has 1 unspecified atom stereocenters. The summed E-state index contributed by atoms with van der Waals surface area (Å²) >= 11 is 6.48. The SMILES string of the molecule is CN1CCCCC1C(=O)Nc1ccc(OC2CCN(c3cccc(C#N)c3)CC2)c(Cl)c1. The number of nitriles is 1. The fourth-order valence-electron chi connectivity index (χ4n) is 4.49. The zero-order valence-electron chi connectivity index (χ0n) is 18.4. The van der Waals surface area contributed by atoms with Crippen molar-refractivity contribution in [2.45, 2.75) is 44.2 Å². The number of hydrogen-bond acceptors (Lipinski definition) is 5. The molecule has 2 heterocycles. The molecule has 0 aromatic heterocycles. The monoisotopic (exact) mass is 452 g/mol. The van der Waals surface area contributed by atoms with E-state index in [1.54, 1.807) is 6.07 Å². The van der Waals surface area contributed by atoms with Crippen LogP contribution >= 0.6 is 11.6 Å². The molecule has 168 valence electrons. The standard InChI is InChI=1S/C25H29ClN4O2/c1-29-12-3-2-7-23(29)25(31)28-19-8-9-24(22(26)16-19)32-21-10-13-30(14-11-21)20-6-4-5-18(15-20)17-27/h4-6,8-9,15-16,21,23H,2-3,7,10-14H2,1H3,(H,28,31). The lowest BCUT2D eigenvalue weighted by molar-refractivity contribution is -0.121. The number of carbonyl (C=O) groups excluding carboxylic acids is 1. The molecule has 6 nitrogen and oxygen atoms in total. The number of amides is 1. The lowest BCUT2D eigenvalue weighted by Gasteiger charge is -2.34. The largest absolute Gasteiger partial charge is 0.489 e. The van der Waals surface area contributed by atoms with E-state index in [9.17, 15) is 4.79 Å². The van der Waals surface area contributed by atoms with E-state index in [2.05, 4.69) is 21.2 Å². The molecular weight excluding hydrogens is 424 g/mol. The highest BCUT2D eigenvalue weighted by Crippen LogP contribution is 2.31. The van der Waals surface area contributed by atoms with E-state index >= 15 is 0 Å². The number of likely N-dealkylation sites (N-methyl/N-ethyl adjacent to an activating group) is 1. The van der Waals surface area contributed by atoms with Gasteiger partial charge in [-0.3, -0.25) is 9.69 Å². The first kappa shape index (κ1) is 22.4. The number of ether oxygens (including phenoxy) is 1. The molecule has 2 saturated heterocycles. The summed E-state index contributed by atoms with van der Waals surface area (Å²) in [6.07, 6.45) is 4.94. The van der Waals surface area contributed by atoms with E-state index in [1.165, 1.54) is 0 Å². The van der Waals surface area contributed by atoms with Gasteiger partial charge in [0.2, 0.25) is 5.91 Å². The summed E-state index contributed by atoms with van der Waals surface area (Å²) in [6, 6.07) is 15.3. The van der Waals surface area contributed by atoms with Crippen molar-refractivity contribution in [3.05, 3.63) is 53.1 Å². The fourth-order valence-corrected chi connectivity index (χ4v) is 4.71. The number of anilines is 2. The summed E-state index contributed by atoms with van der Waals surface area (Å²) in [5, 5.41) is 12.6. The van der Waals surface area contributed by atoms with Crippen LogP contribution in [0, 0.1) is 11.3 Å². The maximum atomic E-state index is 12.6. The number of hydrogen-bond donors (Lipinski definition) is 1. The first-order chi connectivity index (χ1) is 15.5. The molecule has 2 fully saturated rings. The van der Waals surface area contributed by atoms with Crippen molar-refractivity contribution in [3.8, 4) is 11.8 Å². The Morgan fingerprint density at radius 3 is 2.66 bits per heavy atom. The van der Waals surface area contributed by atoms with Gasteiger partial charge >= 0.3 is 0 Å². The topological polar surface area (TPSA) is 68.6 Å². The molecule has 7 heteroatoms. The number of carbonyl (C=O) groups is 1. The smallest absolute Gasteiger partial charge is 0.241 e. The number of halogens is 1. The van der Waals surface area contributed by atoms with Crippen molar-refractivity contribution in [1.82, 2.24) is 4.90 Å². The van der Waals surface area contributed by atoms with Gasteiger partial charge in [0.1, 0.15) is 11.9 Å². The van der Waals surface area contributed by atoms with Crippen LogP contribution in [0.2, 0.25) is 5.02 Å². The summed E-state index contributed by atoms with van der Waals surface area (Å²) in [7, 11) is 2.00. The highest BCUT2D eigenvalue weighted by Gasteiger charge is 2.26. The van der Waals surface area contributed by atoms with Crippen LogP contribution in [0.4, 0.5) is 11.4 Å². The van der Waals surface area contributed by atoms with Gasteiger partial charge in [0.15, 0.2) is 0 Å². The van der Waals surface area contributed by atoms with Crippen LogP contribution in [0.15, 0.2) is 42.5 Å². The number of nitrogens with zero attached hydrogens (tertiary/aromatic N) is 3. The van der Waals surface area contributed by atoms with Gasteiger partial charge in [0, 0.05) is 37.3 Å². The van der Waals surface area contributed by atoms with Crippen molar-refractivity contribution >= 4 is 28.9 Å². The maximum absolute atomic E-state index is 12.6. The summed E-state index contributed by atoms with van der Waals surface area (Å²) in [6.45, 7) is 2.68. The van der Waals surface area contributed by atoms with Crippen molar-refractivity contribution in [2.75, 3.05) is 36.9 Å². The minimum absolute atomic E-state index is 0.0183. The highest BCUT2D eigenvalue weighted by molar-refractivity contribution is 6.32. The molecule has 1 N–H and O–H groups in total. The van der Waals surface area contributed by atoms with Gasteiger partial charge in [-0.05, 0) is 62.8 Å². The van der Waals surface area contributed by atoms with E-state index in [0.717, 1.165) is 57.4 Å². The lowest BCUT2D eigenvalue weighted by Crippen LogP contribution is -2.44. The van der Waals surface area contributed by atoms with Crippen LogP contribution in [0.3, 0.4) is 0 Å². The van der Waals surface area contributed by atoms with Gasteiger partial charge < -0.3 is 15.0 Å². The summed E-state index contributed by atoms with van der Waals surface area (Å²) in [5.74, 6) is 0.661. The molecule has 0 aliphatic carbocycles. The molecule has 0 spiro atoms. The fraction of sp³-hybridized carbons (Fsp3) is 0.440. The second-order valence-electron chi connectivity index (χ2n) is 8.59. The quantitative estimate of drug-likeness (QED) is 0.713. The van der Waals surface area contributed by atoms with Crippen LogP contribution in [0.25, 0.3) is 0 Å². The van der Waals surface area contributed by atoms with E-state index in [0.29, 0.717) is 22.0 Å². The Kier molecular flexibility index (Phi) is 7.19. The lowest BCUT2D eigenvalue weighted by atomic mass is 10.0. The Hall–Kier alpha value is -2.75. The first-order valence-electron chi connectivity index (χ1n) is 11.3. The van der Waals surface area contributed by atoms with Crippen molar-refractivity contribution in [1.29, 1.82) is 5.26 Å². The van der Waals surface area contributed by atoms with Gasteiger partial charge in [-0.1, -0.05) is 24.1 Å². The molecule has 32 heavy (non-hydrogen) atoms. The van der Waals surface area contributed by atoms with E-state index in [4.69, 9.17) is 21.6 Å². The third-order valence-corrected chi connectivity index (χ3v) is 6.64. The Bertz CT molecular complexity index is 998. The highest BCUT2D eigenvalue weighted by atomic mass is 35.5. The number of nitrogens with one attached hydrogen (secondary N) is 1. The molecule has 2 aromatic carbocycles. The van der Waals surface area contributed by atoms with Crippen molar-refractivity contribution in [2.24, 2.45) is 0 Å². The van der Waals surface area contributed by atoms with Crippen LogP contribution in [-0.2, 0) is 4.79 Å². The second kappa shape index (κ2) is 10.2. The van der Waals surface area contributed by atoms with Crippen molar-refractivity contribution in [3.63, 3.8) is 0 Å². The second-order valence-corrected chi connectivity index (χ2v) is 9.00. The van der Waals surface area contributed by atoms with Gasteiger partial charge in [0.25, 0.3) is 0 Å². The molecule has 2 aromatic rings. The molecule has 1 atom stereocenters. The predicted molar refractivity (Wildman–Crippen MR) is 127 cm³/mol. The Balaban J connectivity index is 1.31.